The summed E-state index contributed by atoms with van der Waals surface area (Å²) in [6.45, 7) is 0. The Kier molecular flexibility index (Phi) is 4.32. The van der Waals surface area contributed by atoms with E-state index in [9.17, 15) is 20.0 Å². The van der Waals surface area contributed by atoms with Gasteiger partial charge < -0.3 is 10.4 Å². The molecule has 2 aromatic carbocycles. The first-order valence-electron chi connectivity index (χ1n) is 8.31. The Morgan fingerprint density at radius 2 is 2.04 bits per heavy atom. The fourth-order valence-corrected chi connectivity index (χ4v) is 4.61. The molecule has 0 saturated carbocycles. The van der Waals surface area contributed by atoms with Gasteiger partial charge in [0.05, 0.1) is 27.8 Å². The molecule has 1 aliphatic heterocycles. The number of carbonyl (C=O) groups is 1. The lowest BCUT2D eigenvalue weighted by molar-refractivity contribution is -0.385. The third-order valence-corrected chi connectivity index (χ3v) is 5.78. The predicted octanol–water partition coefficient (Wildman–Crippen LogP) is 5.43. The van der Waals surface area contributed by atoms with Gasteiger partial charge >= 0.3 is 5.97 Å². The van der Waals surface area contributed by atoms with Crippen molar-refractivity contribution in [1.82, 2.24) is 0 Å². The molecule has 27 heavy (non-hydrogen) atoms. The van der Waals surface area contributed by atoms with Crippen LogP contribution in [-0.4, -0.2) is 16.0 Å². The number of nitrogens with zero attached hydrogens (tertiary/aromatic N) is 1. The number of allylic oxidation sites excluding steroid dienone is 2. The molecule has 1 heterocycles. The zero-order valence-corrected chi connectivity index (χ0v) is 15.4. The van der Waals surface area contributed by atoms with Crippen LogP contribution in [0.3, 0.4) is 0 Å². The number of fused-ring (bicyclic) bond motifs is 3. The predicted molar refractivity (Wildman–Crippen MR) is 103 cm³/mol. The second kappa shape index (κ2) is 6.55. The Hall–Kier alpha value is -2.57. The first-order valence-corrected chi connectivity index (χ1v) is 9.06. The summed E-state index contributed by atoms with van der Waals surface area (Å²) in [6, 6.07) is 7.42. The molecule has 0 unspecified atom stereocenters. The minimum Gasteiger partial charge on any atom is -0.478 e. The zero-order chi connectivity index (χ0) is 19.3. The SMILES string of the molecule is O=C(O)c1ccc([N+](=O)[O-])c2c1N[C@@H](c1ccc(Cl)cc1Cl)[C@H]1CC=C[C@H]21. The molecule has 0 spiro atoms. The van der Waals surface area contributed by atoms with E-state index in [4.69, 9.17) is 23.2 Å². The van der Waals surface area contributed by atoms with Crippen LogP contribution in [0.2, 0.25) is 10.0 Å². The first kappa shape index (κ1) is 17.8. The van der Waals surface area contributed by atoms with E-state index in [0.717, 1.165) is 5.56 Å². The smallest absolute Gasteiger partial charge is 0.337 e. The molecule has 0 aromatic heterocycles. The van der Waals surface area contributed by atoms with Gasteiger partial charge in [0.2, 0.25) is 0 Å². The van der Waals surface area contributed by atoms with E-state index < -0.39 is 10.9 Å². The monoisotopic (exact) mass is 404 g/mol. The molecule has 138 valence electrons. The van der Waals surface area contributed by atoms with Gasteiger partial charge in [0.15, 0.2) is 0 Å². The number of nitro benzene ring substituents is 1. The van der Waals surface area contributed by atoms with Crippen molar-refractivity contribution < 1.29 is 14.8 Å². The molecule has 0 amide bonds. The summed E-state index contributed by atoms with van der Waals surface area (Å²) in [6.07, 6.45) is 4.59. The standard InChI is InChI=1S/C19H14Cl2N2O4/c20-9-4-5-12(14(21)8-9)17-11-3-1-2-10(11)16-15(23(26)27)7-6-13(19(24)25)18(16)22-17/h1-2,4-8,10-11,17,22H,3H2,(H,24,25)/t10-,11-,17+/m0/s1. The van der Waals surface area contributed by atoms with Gasteiger partial charge in [0, 0.05) is 22.0 Å². The highest BCUT2D eigenvalue weighted by atomic mass is 35.5. The van der Waals surface area contributed by atoms with Crippen molar-refractivity contribution in [3.8, 4) is 0 Å². The molecular weight excluding hydrogens is 391 g/mol. The number of hydrogen-bond acceptors (Lipinski definition) is 4. The van der Waals surface area contributed by atoms with Crippen LogP contribution in [-0.2, 0) is 0 Å². The number of aromatic carboxylic acids is 1. The Labute approximate surface area is 164 Å². The molecule has 2 aromatic rings. The van der Waals surface area contributed by atoms with Crippen LogP contribution in [0, 0.1) is 16.0 Å². The van der Waals surface area contributed by atoms with E-state index in [1.54, 1.807) is 18.2 Å². The van der Waals surface area contributed by atoms with Crippen LogP contribution in [0.5, 0.6) is 0 Å². The number of nitro groups is 1. The zero-order valence-electron chi connectivity index (χ0n) is 13.9. The van der Waals surface area contributed by atoms with Crippen molar-refractivity contribution in [2.24, 2.45) is 5.92 Å². The molecule has 0 fully saturated rings. The van der Waals surface area contributed by atoms with Crippen LogP contribution in [0.15, 0.2) is 42.5 Å². The average Bonchev–Trinajstić information content (AvgIpc) is 3.09. The number of carboxylic acids is 1. The second-order valence-electron chi connectivity index (χ2n) is 6.62. The van der Waals surface area contributed by atoms with Crippen molar-refractivity contribution >= 4 is 40.5 Å². The van der Waals surface area contributed by atoms with E-state index in [1.807, 2.05) is 12.2 Å². The van der Waals surface area contributed by atoms with Crippen LogP contribution < -0.4 is 5.32 Å². The quantitative estimate of drug-likeness (QED) is 0.404. The lowest BCUT2D eigenvalue weighted by Gasteiger charge is -2.38. The maximum absolute atomic E-state index is 11.7. The Balaban J connectivity index is 1.93. The number of nitrogens with one attached hydrogen (secondary N) is 1. The van der Waals surface area contributed by atoms with Gasteiger partial charge in [-0.15, -0.1) is 0 Å². The van der Waals surface area contributed by atoms with Gasteiger partial charge in [0.25, 0.3) is 5.69 Å². The third kappa shape index (κ3) is 2.85. The van der Waals surface area contributed by atoms with Gasteiger partial charge in [-0.1, -0.05) is 41.4 Å². The van der Waals surface area contributed by atoms with E-state index in [0.29, 0.717) is 22.0 Å². The largest absolute Gasteiger partial charge is 0.478 e. The topological polar surface area (TPSA) is 92.5 Å². The molecule has 3 atom stereocenters. The van der Waals surface area contributed by atoms with E-state index in [1.165, 1.54) is 12.1 Å². The van der Waals surface area contributed by atoms with Crippen LogP contribution >= 0.6 is 23.2 Å². The number of rotatable bonds is 3. The van der Waals surface area contributed by atoms with Gasteiger partial charge in [-0.2, -0.15) is 0 Å². The molecule has 8 heteroatoms. The third-order valence-electron chi connectivity index (χ3n) is 5.22. The lowest BCUT2D eigenvalue weighted by Crippen LogP contribution is -2.31. The minimum atomic E-state index is -1.14. The highest BCUT2D eigenvalue weighted by molar-refractivity contribution is 6.35. The Morgan fingerprint density at radius 1 is 1.26 bits per heavy atom. The highest BCUT2D eigenvalue weighted by Gasteiger charge is 2.43. The summed E-state index contributed by atoms with van der Waals surface area (Å²) in [5.74, 6) is -1.42. The fraction of sp³-hybridized carbons (Fsp3) is 0.211. The number of hydrogen-bond donors (Lipinski definition) is 2. The van der Waals surface area contributed by atoms with Crippen LogP contribution in [0.25, 0.3) is 0 Å². The highest BCUT2D eigenvalue weighted by Crippen LogP contribution is 2.54. The Morgan fingerprint density at radius 3 is 2.70 bits per heavy atom. The maximum Gasteiger partial charge on any atom is 0.337 e. The molecule has 1 aliphatic carbocycles. The van der Waals surface area contributed by atoms with Crippen molar-refractivity contribution in [1.29, 1.82) is 0 Å². The van der Waals surface area contributed by atoms with Crippen molar-refractivity contribution in [3.63, 3.8) is 0 Å². The second-order valence-corrected chi connectivity index (χ2v) is 7.47. The number of carboxylic acid groups (broad SMARTS) is 1. The summed E-state index contributed by atoms with van der Waals surface area (Å²) >= 11 is 12.4. The molecule has 0 saturated heterocycles. The van der Waals surface area contributed by atoms with Crippen LogP contribution in [0.4, 0.5) is 11.4 Å². The van der Waals surface area contributed by atoms with Gasteiger partial charge in [0.1, 0.15) is 0 Å². The summed E-state index contributed by atoms with van der Waals surface area (Å²) < 4.78 is 0. The first-order chi connectivity index (χ1) is 12.9. The van der Waals surface area contributed by atoms with Crippen molar-refractivity contribution in [2.45, 2.75) is 18.4 Å². The fourth-order valence-electron chi connectivity index (χ4n) is 4.09. The summed E-state index contributed by atoms with van der Waals surface area (Å²) in [5, 5.41) is 25.4. The Bertz CT molecular complexity index is 1010. The summed E-state index contributed by atoms with van der Waals surface area (Å²) in [5.41, 5.74) is 1.41. The van der Waals surface area contributed by atoms with Crippen molar-refractivity contribution in [2.75, 3.05) is 5.32 Å². The van der Waals surface area contributed by atoms with E-state index >= 15 is 0 Å². The molecule has 0 radical (unpaired) electrons. The average molecular weight is 405 g/mol. The minimum absolute atomic E-state index is 0.00411. The van der Waals surface area contributed by atoms with Gasteiger partial charge in [-0.3, -0.25) is 10.1 Å². The molecule has 6 nitrogen and oxygen atoms in total. The number of benzene rings is 2. The normalized spacial score (nSPS) is 22.7. The molecule has 0 bridgehead atoms. The lowest BCUT2D eigenvalue weighted by atomic mass is 9.75. The summed E-state index contributed by atoms with van der Waals surface area (Å²) in [4.78, 5) is 22.8. The molecule has 2 aliphatic rings. The van der Waals surface area contributed by atoms with E-state index in [2.05, 4.69) is 5.32 Å². The molecular formula is C19H14Cl2N2O4. The molecule has 4 rings (SSSR count). The van der Waals surface area contributed by atoms with Crippen LogP contribution in [0.1, 0.15) is 39.9 Å². The number of halogens is 2. The number of anilines is 1. The maximum atomic E-state index is 11.7. The van der Waals surface area contributed by atoms with Gasteiger partial charge in [-0.05, 0) is 36.1 Å². The molecule has 2 N–H and O–H groups in total. The van der Waals surface area contributed by atoms with Gasteiger partial charge in [-0.25, -0.2) is 4.79 Å². The van der Waals surface area contributed by atoms with E-state index in [-0.39, 0.29) is 34.8 Å². The summed E-state index contributed by atoms with van der Waals surface area (Å²) in [7, 11) is 0. The van der Waals surface area contributed by atoms with Crippen molar-refractivity contribution in [3.05, 3.63) is 79.3 Å².